The molecular formula is C32H25N3O5S. The molecule has 41 heavy (non-hydrogen) atoms. The van der Waals surface area contributed by atoms with Gasteiger partial charge in [-0.05, 0) is 43.7 Å². The number of hydrogen-bond acceptors (Lipinski definition) is 7. The number of para-hydroxylation sites is 1. The first-order valence-electron chi connectivity index (χ1n) is 13.3. The average Bonchev–Trinajstić information content (AvgIpc) is 3.68. The number of rotatable bonds is 5. The Hall–Kier alpha value is -4.89. The molecule has 204 valence electrons. The van der Waals surface area contributed by atoms with E-state index < -0.39 is 12.0 Å². The zero-order valence-corrected chi connectivity index (χ0v) is 23.2. The first kappa shape index (κ1) is 25.1. The Kier molecular flexibility index (Phi) is 6.09. The summed E-state index contributed by atoms with van der Waals surface area (Å²) in [6.07, 6.45) is 1.91. The molecule has 1 N–H and O–H groups in total. The van der Waals surface area contributed by atoms with Crippen molar-refractivity contribution in [1.82, 2.24) is 9.55 Å². The van der Waals surface area contributed by atoms with E-state index in [-0.39, 0.29) is 19.0 Å². The van der Waals surface area contributed by atoms with Gasteiger partial charge in [-0.25, -0.2) is 9.79 Å². The maximum atomic E-state index is 14.2. The number of nitrogens with zero attached hydrogens (tertiary/aromatic N) is 2. The molecule has 2 aromatic heterocycles. The van der Waals surface area contributed by atoms with Crippen LogP contribution in [0.15, 0.2) is 88.2 Å². The number of hydrogen-bond donors (Lipinski definition) is 1. The maximum absolute atomic E-state index is 14.2. The normalized spacial score (nSPS) is 16.1. The van der Waals surface area contributed by atoms with Gasteiger partial charge in [0.05, 0.1) is 28.5 Å². The quantitative estimate of drug-likeness (QED) is 0.319. The van der Waals surface area contributed by atoms with Crippen LogP contribution < -0.4 is 24.4 Å². The van der Waals surface area contributed by atoms with Crippen LogP contribution in [0.5, 0.6) is 11.5 Å². The van der Waals surface area contributed by atoms with Gasteiger partial charge in [-0.1, -0.05) is 65.9 Å². The lowest BCUT2D eigenvalue weighted by molar-refractivity contribution is -0.138. The lowest BCUT2D eigenvalue weighted by Gasteiger charge is -2.26. The summed E-state index contributed by atoms with van der Waals surface area (Å²) >= 11 is 1.30. The fraction of sp³-hybridized carbons (Fsp3) is 0.156. The molecule has 2 aliphatic heterocycles. The Morgan fingerprint density at radius 1 is 1.10 bits per heavy atom. The van der Waals surface area contributed by atoms with Crippen molar-refractivity contribution in [1.29, 1.82) is 0 Å². The lowest BCUT2D eigenvalue weighted by atomic mass is 9.93. The molecule has 0 aliphatic carbocycles. The van der Waals surface area contributed by atoms with Gasteiger partial charge in [0.15, 0.2) is 16.3 Å². The van der Waals surface area contributed by atoms with Crippen molar-refractivity contribution in [3.8, 4) is 11.5 Å². The Morgan fingerprint density at radius 3 is 2.71 bits per heavy atom. The van der Waals surface area contributed by atoms with Crippen LogP contribution in [0.1, 0.15) is 35.3 Å². The molecule has 2 aliphatic rings. The Balaban J connectivity index is 1.53. The highest BCUT2D eigenvalue weighted by molar-refractivity contribution is 7.07. The molecule has 4 heterocycles. The topological polar surface area (TPSA) is 94.9 Å². The molecule has 7 rings (SSSR count). The van der Waals surface area contributed by atoms with Gasteiger partial charge in [0.1, 0.15) is 0 Å². The first-order valence-corrected chi connectivity index (χ1v) is 14.1. The summed E-state index contributed by atoms with van der Waals surface area (Å²) in [6.45, 7) is 4.05. The number of carbonyl (C=O) groups is 1. The van der Waals surface area contributed by atoms with E-state index in [0.29, 0.717) is 37.7 Å². The molecule has 0 fully saturated rings. The van der Waals surface area contributed by atoms with Gasteiger partial charge in [0, 0.05) is 27.7 Å². The number of H-pyrrole nitrogens is 1. The SMILES string of the molecule is CCOC(=O)C1=C(c2ccccc2)N=c2s/c(=C/c3c(C)[nH]c4ccccc34)c(=O)n2[C@@H]1c1ccc2c(c1)OCO2. The van der Waals surface area contributed by atoms with Crippen LogP contribution in [0.3, 0.4) is 0 Å². The summed E-state index contributed by atoms with van der Waals surface area (Å²) in [5.74, 6) is 0.640. The summed E-state index contributed by atoms with van der Waals surface area (Å²) in [5.41, 5.74) is 4.87. The second-order valence-electron chi connectivity index (χ2n) is 9.75. The van der Waals surface area contributed by atoms with E-state index in [1.165, 1.54) is 11.3 Å². The summed E-state index contributed by atoms with van der Waals surface area (Å²) in [5, 5.41) is 1.03. The minimum absolute atomic E-state index is 0.112. The van der Waals surface area contributed by atoms with Gasteiger partial charge in [-0.15, -0.1) is 0 Å². The standard InChI is InChI=1S/C32H25N3O5S/c1-3-38-31(37)27-28(19-9-5-4-6-10-19)34-32-35(29(27)20-13-14-24-25(15-20)40-17-39-24)30(36)26(41-32)16-22-18(2)33-23-12-8-7-11-21(22)23/h4-16,29,33H,3,17H2,1-2H3/b26-16+/t29-/m1/s1. The summed E-state index contributed by atoms with van der Waals surface area (Å²) in [4.78, 5) is 36.7. The number of benzene rings is 3. The Morgan fingerprint density at radius 2 is 1.88 bits per heavy atom. The van der Waals surface area contributed by atoms with Crippen molar-refractivity contribution >= 4 is 40.0 Å². The maximum Gasteiger partial charge on any atom is 0.338 e. The Labute approximate surface area is 238 Å². The highest BCUT2D eigenvalue weighted by Crippen LogP contribution is 2.40. The average molecular weight is 564 g/mol. The van der Waals surface area contributed by atoms with E-state index in [2.05, 4.69) is 4.98 Å². The predicted octanol–water partition coefficient (Wildman–Crippen LogP) is 4.45. The molecule has 9 heteroatoms. The van der Waals surface area contributed by atoms with E-state index in [0.717, 1.165) is 27.7 Å². The lowest BCUT2D eigenvalue weighted by Crippen LogP contribution is -2.40. The van der Waals surface area contributed by atoms with Gasteiger partial charge < -0.3 is 19.2 Å². The van der Waals surface area contributed by atoms with Gasteiger partial charge in [0.2, 0.25) is 6.79 Å². The molecule has 8 nitrogen and oxygen atoms in total. The smallest absolute Gasteiger partial charge is 0.338 e. The zero-order chi connectivity index (χ0) is 28.1. The number of aryl methyl sites for hydroxylation is 1. The van der Waals surface area contributed by atoms with Crippen molar-refractivity contribution in [2.24, 2.45) is 4.99 Å². The minimum atomic E-state index is -0.791. The summed E-state index contributed by atoms with van der Waals surface area (Å²) < 4.78 is 18.8. The largest absolute Gasteiger partial charge is 0.463 e. The molecule has 0 amide bonds. The number of thiazole rings is 1. The number of aromatic nitrogens is 2. The van der Waals surface area contributed by atoms with Crippen molar-refractivity contribution < 1.29 is 19.0 Å². The van der Waals surface area contributed by atoms with E-state index in [1.807, 2.05) is 79.7 Å². The summed E-state index contributed by atoms with van der Waals surface area (Å²) in [6, 6.07) is 22.2. The van der Waals surface area contributed by atoms with Gasteiger partial charge >= 0.3 is 5.97 Å². The number of fused-ring (bicyclic) bond motifs is 3. The van der Waals surface area contributed by atoms with Crippen LogP contribution in [-0.2, 0) is 9.53 Å². The van der Waals surface area contributed by atoms with Gasteiger partial charge in [-0.3, -0.25) is 9.36 Å². The van der Waals surface area contributed by atoms with Crippen LogP contribution in [0.4, 0.5) is 0 Å². The molecule has 0 saturated heterocycles. The van der Waals surface area contributed by atoms with E-state index in [1.54, 1.807) is 17.6 Å². The second kappa shape index (κ2) is 9.94. The van der Waals surface area contributed by atoms with Crippen LogP contribution in [-0.4, -0.2) is 28.9 Å². The number of aromatic amines is 1. The number of carbonyl (C=O) groups excluding carboxylic acids is 1. The van der Waals surface area contributed by atoms with Crippen LogP contribution in [0.25, 0.3) is 22.7 Å². The van der Waals surface area contributed by atoms with Gasteiger partial charge in [0.25, 0.3) is 5.56 Å². The van der Waals surface area contributed by atoms with E-state index in [4.69, 9.17) is 19.2 Å². The van der Waals surface area contributed by atoms with Crippen LogP contribution in [0.2, 0.25) is 0 Å². The highest BCUT2D eigenvalue weighted by atomic mass is 32.1. The third-order valence-electron chi connectivity index (χ3n) is 7.30. The molecular weight excluding hydrogens is 538 g/mol. The second-order valence-corrected chi connectivity index (χ2v) is 10.8. The predicted molar refractivity (Wildman–Crippen MR) is 157 cm³/mol. The summed E-state index contributed by atoms with van der Waals surface area (Å²) in [7, 11) is 0. The van der Waals surface area contributed by atoms with Crippen LogP contribution in [0, 0.1) is 6.92 Å². The number of nitrogens with one attached hydrogen (secondary N) is 1. The Bertz CT molecular complexity index is 2050. The molecule has 0 spiro atoms. The third kappa shape index (κ3) is 4.17. The fourth-order valence-electron chi connectivity index (χ4n) is 5.45. The fourth-order valence-corrected chi connectivity index (χ4v) is 6.44. The van der Waals surface area contributed by atoms with Crippen LogP contribution >= 0.6 is 11.3 Å². The van der Waals surface area contributed by atoms with Crippen molar-refractivity contribution in [2.75, 3.05) is 13.4 Å². The van der Waals surface area contributed by atoms with Crippen molar-refractivity contribution in [3.05, 3.63) is 120 Å². The third-order valence-corrected chi connectivity index (χ3v) is 8.29. The van der Waals surface area contributed by atoms with Crippen molar-refractivity contribution in [2.45, 2.75) is 19.9 Å². The number of ether oxygens (including phenoxy) is 3. The van der Waals surface area contributed by atoms with E-state index in [9.17, 15) is 9.59 Å². The molecule has 0 saturated carbocycles. The first-order chi connectivity index (χ1) is 20.0. The molecule has 1 atom stereocenters. The molecule has 3 aromatic carbocycles. The molecule has 0 radical (unpaired) electrons. The highest BCUT2D eigenvalue weighted by Gasteiger charge is 2.36. The monoisotopic (exact) mass is 563 g/mol. The zero-order valence-electron chi connectivity index (χ0n) is 22.3. The van der Waals surface area contributed by atoms with Crippen molar-refractivity contribution in [3.63, 3.8) is 0 Å². The molecule has 5 aromatic rings. The molecule has 0 unspecified atom stereocenters. The van der Waals surface area contributed by atoms with Gasteiger partial charge in [-0.2, -0.15) is 0 Å². The number of esters is 1. The molecule has 0 bridgehead atoms. The van der Waals surface area contributed by atoms with E-state index >= 15 is 0 Å². The minimum Gasteiger partial charge on any atom is -0.463 e.